The zero-order valence-corrected chi connectivity index (χ0v) is 39.9. The lowest BCUT2D eigenvalue weighted by Gasteiger charge is -2.29. The Bertz CT molecular complexity index is 3680. The van der Waals surface area contributed by atoms with Crippen LogP contribution in [0.4, 0.5) is 17.1 Å². The van der Waals surface area contributed by atoms with Crippen molar-refractivity contribution in [1.82, 2.24) is 0 Å². The van der Waals surface area contributed by atoms with Gasteiger partial charge in [-0.2, -0.15) is 0 Å². The Morgan fingerprint density at radius 3 is 1.55 bits per heavy atom. The van der Waals surface area contributed by atoms with Crippen molar-refractivity contribution in [2.24, 2.45) is 0 Å². The molecule has 0 amide bonds. The fourth-order valence-corrected chi connectivity index (χ4v) is 12.6. The van der Waals surface area contributed by atoms with Gasteiger partial charge in [-0.1, -0.05) is 216 Å². The first kappa shape index (κ1) is 41.2. The Morgan fingerprint density at radius 2 is 0.783 bits per heavy atom. The molecule has 3 aliphatic carbocycles. The fraction of sp³-hybridized carbons (Fsp3) is 0.118. The Balaban J connectivity index is 0.961. The van der Waals surface area contributed by atoms with Crippen molar-refractivity contribution in [3.05, 3.63) is 269 Å². The van der Waals surface area contributed by atoms with E-state index in [2.05, 4.69) is 270 Å². The third-order valence-corrected chi connectivity index (χ3v) is 16.2. The minimum atomic E-state index is -0.263. The van der Waals surface area contributed by atoms with Gasteiger partial charge in [0.05, 0.1) is 5.69 Å². The lowest BCUT2D eigenvalue weighted by molar-refractivity contribution is 0.660. The molecule has 0 aromatic heterocycles. The second-order valence-electron chi connectivity index (χ2n) is 20.6. The predicted octanol–water partition coefficient (Wildman–Crippen LogP) is 18.1. The van der Waals surface area contributed by atoms with Crippen molar-refractivity contribution in [1.29, 1.82) is 0 Å². The average molecular weight is 884 g/mol. The van der Waals surface area contributed by atoms with E-state index in [0.29, 0.717) is 0 Å². The summed E-state index contributed by atoms with van der Waals surface area (Å²) in [7, 11) is 0. The highest BCUT2D eigenvalue weighted by Crippen LogP contribution is 2.56. The number of hydrogen-bond acceptors (Lipinski definition) is 1. The normalized spacial score (nSPS) is 16.2. The molecule has 69 heavy (non-hydrogen) atoms. The molecule has 1 nitrogen and oxygen atoms in total. The quantitative estimate of drug-likeness (QED) is 0.154. The largest absolute Gasteiger partial charge is 0.310 e. The standard InChI is InChI=1S/C68H53N/c1-66(2)58-28-13-9-24-52(58)57-42-46(36-40-60(57)66)45-19-17-22-50(41-45)69(64-32-16-12-25-54(64)55-27-18-31-62-65(55)56-26-11-14-29-59(56)67(62,3)4)49-37-33-44(34-38-49)47-35-39-53-51-23-10-15-30-61(51)68(5,63(53)43-47)48-20-7-6-8-21-48/h6-43H,1-5H3. The molecule has 0 N–H and O–H groups in total. The minimum absolute atomic E-state index is 0.0430. The maximum Gasteiger partial charge on any atom is 0.0540 e. The molecule has 0 radical (unpaired) electrons. The van der Waals surface area contributed by atoms with Crippen LogP contribution in [0.1, 0.15) is 73.6 Å². The third-order valence-electron chi connectivity index (χ3n) is 16.2. The summed E-state index contributed by atoms with van der Waals surface area (Å²) in [6.45, 7) is 11.8. The van der Waals surface area contributed by atoms with Gasteiger partial charge in [-0.3, -0.25) is 0 Å². The van der Waals surface area contributed by atoms with E-state index in [1.807, 2.05) is 0 Å². The summed E-state index contributed by atoms with van der Waals surface area (Å²) in [6, 6.07) is 86.4. The predicted molar refractivity (Wildman–Crippen MR) is 290 cm³/mol. The average Bonchev–Trinajstić information content (AvgIpc) is 3.90. The smallest absolute Gasteiger partial charge is 0.0540 e. The second-order valence-corrected chi connectivity index (χ2v) is 20.6. The SMILES string of the molecule is CC1(C)c2ccccc2-c2cc(-c3cccc(N(c4ccc(-c5ccc6c(c5)C(C)(c5ccccc5)c5ccccc5-6)cc4)c4ccccc4-c4cccc5c4-c4ccccc4C5(C)C)c3)ccc21. The molecule has 13 rings (SSSR count). The first-order chi connectivity index (χ1) is 33.6. The number of benzene rings is 10. The zero-order valence-electron chi connectivity index (χ0n) is 39.9. The highest BCUT2D eigenvalue weighted by atomic mass is 15.1. The van der Waals surface area contributed by atoms with Gasteiger partial charge in [-0.25, -0.2) is 0 Å². The van der Waals surface area contributed by atoms with E-state index >= 15 is 0 Å². The molecule has 1 unspecified atom stereocenters. The molecule has 0 aliphatic heterocycles. The highest BCUT2D eigenvalue weighted by Gasteiger charge is 2.41. The molecular weight excluding hydrogens is 831 g/mol. The second kappa shape index (κ2) is 15.3. The van der Waals surface area contributed by atoms with Gasteiger partial charge in [0.15, 0.2) is 0 Å². The van der Waals surface area contributed by atoms with Crippen LogP contribution in [0.3, 0.4) is 0 Å². The number of nitrogens with zero attached hydrogens (tertiary/aromatic N) is 1. The Hall–Kier alpha value is -8.00. The molecule has 0 heterocycles. The molecule has 1 heteroatoms. The van der Waals surface area contributed by atoms with Gasteiger partial charge in [-0.15, -0.1) is 0 Å². The Labute approximate surface area is 407 Å². The van der Waals surface area contributed by atoms with Gasteiger partial charge >= 0.3 is 0 Å². The van der Waals surface area contributed by atoms with Crippen molar-refractivity contribution < 1.29 is 0 Å². The van der Waals surface area contributed by atoms with Crippen LogP contribution in [-0.2, 0) is 16.2 Å². The van der Waals surface area contributed by atoms with E-state index in [1.165, 1.54) is 106 Å². The van der Waals surface area contributed by atoms with Gasteiger partial charge in [-0.05, 0) is 150 Å². The van der Waals surface area contributed by atoms with E-state index < -0.39 is 0 Å². The van der Waals surface area contributed by atoms with Crippen molar-refractivity contribution in [2.45, 2.75) is 50.9 Å². The van der Waals surface area contributed by atoms with Crippen LogP contribution in [0, 0.1) is 0 Å². The lowest BCUT2D eigenvalue weighted by atomic mass is 9.74. The lowest BCUT2D eigenvalue weighted by Crippen LogP contribution is -2.22. The highest BCUT2D eigenvalue weighted by molar-refractivity contribution is 5.99. The molecule has 10 aromatic rings. The van der Waals surface area contributed by atoms with Crippen molar-refractivity contribution in [3.63, 3.8) is 0 Å². The molecule has 0 saturated carbocycles. The van der Waals surface area contributed by atoms with Crippen LogP contribution < -0.4 is 4.90 Å². The van der Waals surface area contributed by atoms with E-state index in [9.17, 15) is 0 Å². The summed E-state index contributed by atoms with van der Waals surface area (Å²) in [6.07, 6.45) is 0. The summed E-state index contributed by atoms with van der Waals surface area (Å²) < 4.78 is 0. The fourth-order valence-electron chi connectivity index (χ4n) is 12.6. The van der Waals surface area contributed by atoms with Gasteiger partial charge in [0.1, 0.15) is 0 Å². The maximum absolute atomic E-state index is 2.48. The number of anilines is 3. The number of para-hydroxylation sites is 1. The van der Waals surface area contributed by atoms with Gasteiger partial charge in [0, 0.05) is 33.2 Å². The molecule has 330 valence electrons. The Morgan fingerprint density at radius 1 is 0.275 bits per heavy atom. The molecular formula is C68H53N. The van der Waals surface area contributed by atoms with E-state index in [-0.39, 0.29) is 16.2 Å². The first-order valence-corrected chi connectivity index (χ1v) is 24.5. The monoisotopic (exact) mass is 883 g/mol. The topological polar surface area (TPSA) is 3.24 Å². The van der Waals surface area contributed by atoms with Crippen molar-refractivity contribution >= 4 is 17.1 Å². The molecule has 3 aliphatic rings. The van der Waals surface area contributed by atoms with Crippen molar-refractivity contribution in [3.8, 4) is 66.8 Å². The number of fused-ring (bicyclic) bond motifs is 9. The van der Waals surface area contributed by atoms with Crippen LogP contribution >= 0.6 is 0 Å². The van der Waals surface area contributed by atoms with Crippen molar-refractivity contribution in [2.75, 3.05) is 4.90 Å². The molecule has 1 atom stereocenters. The molecule has 0 spiro atoms. The van der Waals surface area contributed by atoms with Gasteiger partial charge in [0.25, 0.3) is 0 Å². The maximum atomic E-state index is 2.48. The molecule has 10 aromatic carbocycles. The zero-order chi connectivity index (χ0) is 46.6. The summed E-state index contributed by atoms with van der Waals surface area (Å²) >= 11 is 0. The summed E-state index contributed by atoms with van der Waals surface area (Å²) in [5.74, 6) is 0. The summed E-state index contributed by atoms with van der Waals surface area (Å²) in [5, 5.41) is 0. The molecule has 0 saturated heterocycles. The number of hydrogen-bond donors (Lipinski definition) is 0. The van der Waals surface area contributed by atoms with E-state index in [1.54, 1.807) is 0 Å². The van der Waals surface area contributed by atoms with Crippen LogP contribution in [-0.4, -0.2) is 0 Å². The first-order valence-electron chi connectivity index (χ1n) is 24.5. The van der Waals surface area contributed by atoms with Gasteiger partial charge < -0.3 is 4.90 Å². The third kappa shape index (κ3) is 6.09. The summed E-state index contributed by atoms with van der Waals surface area (Å²) in [4.78, 5) is 2.48. The van der Waals surface area contributed by atoms with E-state index in [0.717, 1.165) is 17.1 Å². The molecule has 0 fully saturated rings. The van der Waals surface area contributed by atoms with Crippen LogP contribution in [0.15, 0.2) is 231 Å². The van der Waals surface area contributed by atoms with Gasteiger partial charge in [0.2, 0.25) is 0 Å². The Kier molecular flexibility index (Phi) is 9.11. The van der Waals surface area contributed by atoms with Crippen LogP contribution in [0.25, 0.3) is 66.8 Å². The summed E-state index contributed by atoms with van der Waals surface area (Å²) in [5.41, 5.74) is 27.7. The van der Waals surface area contributed by atoms with Crippen LogP contribution in [0.5, 0.6) is 0 Å². The molecule has 0 bridgehead atoms. The number of rotatable bonds is 7. The van der Waals surface area contributed by atoms with E-state index in [4.69, 9.17) is 0 Å². The van der Waals surface area contributed by atoms with Crippen LogP contribution in [0.2, 0.25) is 0 Å². The minimum Gasteiger partial charge on any atom is -0.310 e.